The molecule has 2 rings (SSSR count). The van der Waals surface area contributed by atoms with E-state index < -0.39 is 5.54 Å². The van der Waals surface area contributed by atoms with Crippen LogP contribution in [0.1, 0.15) is 43.2 Å². The molecule has 1 aromatic rings. The van der Waals surface area contributed by atoms with E-state index in [9.17, 15) is 10.1 Å². The summed E-state index contributed by atoms with van der Waals surface area (Å²) in [6, 6.07) is 5.19. The molecule has 0 saturated heterocycles. The van der Waals surface area contributed by atoms with Crippen molar-refractivity contribution in [3.63, 3.8) is 0 Å². The normalized spacial score (nSPS) is 18.9. The number of hydrogen-bond acceptors (Lipinski definition) is 3. The number of nitro groups is 1. The first-order valence-corrected chi connectivity index (χ1v) is 6.08. The van der Waals surface area contributed by atoms with Crippen molar-refractivity contribution in [1.29, 1.82) is 0 Å². The lowest BCUT2D eigenvalue weighted by Crippen LogP contribution is -2.39. The Morgan fingerprint density at radius 2 is 1.94 bits per heavy atom. The lowest BCUT2D eigenvalue weighted by molar-refractivity contribution is -0.386. The molecule has 1 saturated carbocycles. The van der Waals surface area contributed by atoms with Crippen molar-refractivity contribution in [3.05, 3.63) is 39.4 Å². The average molecular weight is 234 g/mol. The van der Waals surface area contributed by atoms with Crippen molar-refractivity contribution in [3.8, 4) is 0 Å². The maximum absolute atomic E-state index is 11.1. The van der Waals surface area contributed by atoms with Gasteiger partial charge in [0.25, 0.3) is 5.69 Å². The predicted octanol–water partition coefficient (Wildman–Crippen LogP) is 3.02. The summed E-state index contributed by atoms with van der Waals surface area (Å²) >= 11 is 0. The van der Waals surface area contributed by atoms with Crippen molar-refractivity contribution in [1.82, 2.24) is 0 Å². The molecule has 1 aliphatic rings. The van der Waals surface area contributed by atoms with Gasteiger partial charge in [0.2, 0.25) is 0 Å². The molecular weight excluding hydrogens is 216 g/mol. The Labute approximate surface area is 101 Å². The summed E-state index contributed by atoms with van der Waals surface area (Å²) in [7, 11) is 0. The summed E-state index contributed by atoms with van der Waals surface area (Å²) in [5, 5.41) is 11.1. The van der Waals surface area contributed by atoms with E-state index in [-0.39, 0.29) is 10.6 Å². The van der Waals surface area contributed by atoms with Crippen molar-refractivity contribution in [2.24, 2.45) is 5.73 Å². The number of hydrogen-bond donors (Lipinski definition) is 1. The quantitative estimate of drug-likeness (QED) is 0.631. The highest BCUT2D eigenvalue weighted by molar-refractivity contribution is 5.49. The first-order chi connectivity index (χ1) is 8.04. The van der Waals surface area contributed by atoms with Gasteiger partial charge in [-0.3, -0.25) is 10.1 Å². The second kappa shape index (κ2) is 4.45. The Balaban J connectivity index is 2.52. The molecule has 1 aromatic carbocycles. The monoisotopic (exact) mass is 234 g/mol. The van der Waals surface area contributed by atoms with Crippen LogP contribution in [0.25, 0.3) is 0 Å². The van der Waals surface area contributed by atoms with Gasteiger partial charge in [-0.1, -0.05) is 31.4 Å². The lowest BCUT2D eigenvalue weighted by Gasteiger charge is -2.34. The first-order valence-electron chi connectivity index (χ1n) is 6.08. The van der Waals surface area contributed by atoms with Gasteiger partial charge in [0.15, 0.2) is 0 Å². The van der Waals surface area contributed by atoms with Crippen molar-refractivity contribution in [2.75, 3.05) is 0 Å². The molecule has 0 spiro atoms. The van der Waals surface area contributed by atoms with Crippen LogP contribution in [0.4, 0.5) is 5.69 Å². The molecule has 2 N–H and O–H groups in total. The Morgan fingerprint density at radius 3 is 2.53 bits per heavy atom. The highest BCUT2D eigenvalue weighted by atomic mass is 16.6. The summed E-state index contributed by atoms with van der Waals surface area (Å²) in [6.07, 6.45) is 4.99. The van der Waals surface area contributed by atoms with E-state index in [1.54, 1.807) is 12.1 Å². The van der Waals surface area contributed by atoms with E-state index in [0.29, 0.717) is 0 Å². The van der Waals surface area contributed by atoms with Gasteiger partial charge in [-0.2, -0.15) is 0 Å². The highest BCUT2D eigenvalue weighted by Crippen LogP contribution is 2.40. The van der Waals surface area contributed by atoms with Crippen LogP contribution in [0.2, 0.25) is 0 Å². The van der Waals surface area contributed by atoms with E-state index in [1.807, 2.05) is 13.0 Å². The Morgan fingerprint density at radius 1 is 1.29 bits per heavy atom. The van der Waals surface area contributed by atoms with Crippen LogP contribution in [0.3, 0.4) is 0 Å². The number of benzene rings is 1. The number of nitrogens with two attached hydrogens (primary N) is 1. The molecule has 1 aliphatic carbocycles. The molecule has 0 bridgehead atoms. The highest BCUT2D eigenvalue weighted by Gasteiger charge is 2.36. The van der Waals surface area contributed by atoms with Crippen molar-refractivity contribution in [2.45, 2.75) is 44.6 Å². The molecule has 1 fully saturated rings. The minimum Gasteiger partial charge on any atom is -0.321 e. The van der Waals surface area contributed by atoms with E-state index in [0.717, 1.165) is 36.8 Å². The smallest absolute Gasteiger partial charge is 0.274 e. The number of nitrogens with zero attached hydrogens (tertiary/aromatic N) is 1. The Hall–Kier alpha value is -1.42. The molecule has 92 valence electrons. The summed E-state index contributed by atoms with van der Waals surface area (Å²) in [5.74, 6) is 0. The first kappa shape index (κ1) is 12.0. The average Bonchev–Trinajstić information content (AvgIpc) is 2.29. The zero-order valence-corrected chi connectivity index (χ0v) is 10.1. The van der Waals surface area contributed by atoms with Gasteiger partial charge in [0.1, 0.15) is 0 Å². The van der Waals surface area contributed by atoms with E-state index >= 15 is 0 Å². The van der Waals surface area contributed by atoms with E-state index in [4.69, 9.17) is 5.73 Å². The SMILES string of the molecule is Cc1cccc([N+](=O)[O-])c1C1(N)CCCCC1. The molecule has 0 amide bonds. The van der Waals surface area contributed by atoms with E-state index in [1.165, 1.54) is 6.42 Å². The van der Waals surface area contributed by atoms with Gasteiger partial charge in [-0.05, 0) is 25.3 Å². The molecule has 4 heteroatoms. The molecule has 0 aromatic heterocycles. The maximum Gasteiger partial charge on any atom is 0.274 e. The fourth-order valence-corrected chi connectivity index (χ4v) is 2.88. The molecule has 0 radical (unpaired) electrons. The summed E-state index contributed by atoms with van der Waals surface area (Å²) < 4.78 is 0. The number of nitro benzene ring substituents is 1. The predicted molar refractivity (Wildman–Crippen MR) is 66.8 cm³/mol. The van der Waals surface area contributed by atoms with Crippen LogP contribution in [0, 0.1) is 17.0 Å². The fourth-order valence-electron chi connectivity index (χ4n) is 2.88. The van der Waals surface area contributed by atoms with Crippen LogP contribution in [-0.4, -0.2) is 4.92 Å². The van der Waals surface area contributed by atoms with Crippen molar-refractivity contribution < 1.29 is 4.92 Å². The fraction of sp³-hybridized carbons (Fsp3) is 0.538. The Kier molecular flexibility index (Phi) is 3.15. The van der Waals surface area contributed by atoms with Gasteiger partial charge in [0, 0.05) is 11.6 Å². The van der Waals surface area contributed by atoms with Crippen LogP contribution >= 0.6 is 0 Å². The second-order valence-electron chi connectivity index (χ2n) is 4.94. The van der Waals surface area contributed by atoms with Gasteiger partial charge in [-0.25, -0.2) is 0 Å². The van der Waals surface area contributed by atoms with E-state index in [2.05, 4.69) is 0 Å². The van der Waals surface area contributed by atoms with Crippen LogP contribution in [-0.2, 0) is 5.54 Å². The lowest BCUT2D eigenvalue weighted by atomic mass is 9.75. The summed E-state index contributed by atoms with van der Waals surface area (Å²) in [4.78, 5) is 10.8. The maximum atomic E-state index is 11.1. The Bertz CT molecular complexity index is 437. The third-order valence-corrected chi connectivity index (χ3v) is 3.69. The third-order valence-electron chi connectivity index (χ3n) is 3.69. The van der Waals surface area contributed by atoms with Crippen LogP contribution in [0.5, 0.6) is 0 Å². The number of aryl methyl sites for hydroxylation is 1. The molecular formula is C13H18N2O2. The van der Waals surface area contributed by atoms with Crippen molar-refractivity contribution >= 4 is 5.69 Å². The van der Waals surface area contributed by atoms with Gasteiger partial charge in [0.05, 0.1) is 10.5 Å². The standard InChI is InChI=1S/C13H18N2O2/c1-10-6-5-7-11(15(16)17)12(10)13(14)8-3-2-4-9-13/h5-7H,2-4,8-9,14H2,1H3. The van der Waals surface area contributed by atoms with Crippen LogP contribution in [0.15, 0.2) is 18.2 Å². The third kappa shape index (κ3) is 2.17. The van der Waals surface area contributed by atoms with Gasteiger partial charge < -0.3 is 5.73 Å². The van der Waals surface area contributed by atoms with Crippen LogP contribution < -0.4 is 5.73 Å². The van der Waals surface area contributed by atoms with Gasteiger partial charge >= 0.3 is 0 Å². The molecule has 0 unspecified atom stereocenters. The molecule has 17 heavy (non-hydrogen) atoms. The largest absolute Gasteiger partial charge is 0.321 e. The molecule has 0 aliphatic heterocycles. The second-order valence-corrected chi connectivity index (χ2v) is 4.94. The topological polar surface area (TPSA) is 69.2 Å². The zero-order valence-electron chi connectivity index (χ0n) is 10.1. The minimum atomic E-state index is -0.508. The molecule has 0 atom stereocenters. The number of rotatable bonds is 2. The summed E-state index contributed by atoms with van der Waals surface area (Å²) in [6.45, 7) is 1.91. The molecule has 0 heterocycles. The summed E-state index contributed by atoms with van der Waals surface area (Å²) in [5.41, 5.74) is 7.76. The zero-order chi connectivity index (χ0) is 12.5. The van der Waals surface area contributed by atoms with Gasteiger partial charge in [-0.15, -0.1) is 0 Å². The minimum absolute atomic E-state index is 0.175. The molecule has 4 nitrogen and oxygen atoms in total.